The molecule has 2 unspecified atom stereocenters. The zero-order valence-corrected chi connectivity index (χ0v) is 17.3. The molecule has 0 aliphatic heterocycles. The average Bonchev–Trinajstić information content (AvgIpc) is 3.49. The Balaban J connectivity index is 1.94. The Labute approximate surface area is 166 Å². The molecule has 1 aromatic rings. The minimum atomic E-state index is -0.715. The van der Waals surface area contributed by atoms with Crippen LogP contribution in [0.5, 0.6) is 0 Å². The van der Waals surface area contributed by atoms with Gasteiger partial charge in [-0.25, -0.2) is 0 Å². The molecule has 0 saturated heterocycles. The highest BCUT2D eigenvalue weighted by molar-refractivity contribution is 8.00. The predicted molar refractivity (Wildman–Crippen MR) is 113 cm³/mol. The van der Waals surface area contributed by atoms with Gasteiger partial charge < -0.3 is 9.84 Å². The number of thioether (sulfide) groups is 1. The first-order valence-corrected chi connectivity index (χ1v) is 11.1. The summed E-state index contributed by atoms with van der Waals surface area (Å²) in [7, 11) is 0. The summed E-state index contributed by atoms with van der Waals surface area (Å²) >= 11 is 1.64. The van der Waals surface area contributed by atoms with E-state index in [1.54, 1.807) is 11.8 Å². The van der Waals surface area contributed by atoms with Crippen LogP contribution in [-0.2, 0) is 9.53 Å². The van der Waals surface area contributed by atoms with E-state index < -0.39 is 16.6 Å². The maximum atomic E-state index is 12.1. The zero-order valence-electron chi connectivity index (χ0n) is 16.5. The van der Waals surface area contributed by atoms with E-state index in [9.17, 15) is 9.90 Å². The number of hydrogen-bond donors (Lipinski definition) is 1. The highest BCUT2D eigenvalue weighted by atomic mass is 32.2. The standard InChI is InChI=1S/C23H30O3S/c1-16(2)13-20(22(24)25)23(27-3)12-11-19(18-7-5-4-6-8-18)21(14-23)26-15-17-9-10-17/h4-8,11-12,16-17,20H,9-10,13-15H2,1-3H3,(H,24,25). The number of aliphatic carboxylic acids is 1. The van der Waals surface area contributed by atoms with E-state index in [0.717, 1.165) is 23.5 Å². The molecule has 0 bridgehead atoms. The van der Waals surface area contributed by atoms with E-state index in [4.69, 9.17) is 4.74 Å². The summed E-state index contributed by atoms with van der Waals surface area (Å²) in [5, 5.41) is 9.96. The molecule has 2 aliphatic rings. The third-order valence-electron chi connectivity index (χ3n) is 5.52. The number of rotatable bonds is 9. The predicted octanol–water partition coefficient (Wildman–Crippen LogP) is 5.63. The molecule has 4 heteroatoms. The second-order valence-corrected chi connectivity index (χ2v) is 9.32. The molecule has 27 heavy (non-hydrogen) atoms. The number of benzene rings is 1. The van der Waals surface area contributed by atoms with E-state index in [1.807, 2.05) is 24.5 Å². The molecule has 1 saturated carbocycles. The van der Waals surface area contributed by atoms with Crippen molar-refractivity contribution in [2.75, 3.05) is 12.9 Å². The minimum absolute atomic E-state index is 0.332. The van der Waals surface area contributed by atoms with Crippen molar-refractivity contribution in [1.29, 1.82) is 0 Å². The zero-order chi connectivity index (χ0) is 19.4. The number of allylic oxidation sites excluding steroid dienone is 3. The summed E-state index contributed by atoms with van der Waals surface area (Å²) in [5.41, 5.74) is 2.22. The summed E-state index contributed by atoms with van der Waals surface area (Å²) in [6, 6.07) is 10.3. The fourth-order valence-electron chi connectivity index (χ4n) is 3.73. The number of carboxylic acid groups (broad SMARTS) is 1. The smallest absolute Gasteiger partial charge is 0.308 e. The van der Waals surface area contributed by atoms with Crippen LogP contribution in [0.1, 0.15) is 45.1 Å². The molecule has 1 N–H and O–H groups in total. The van der Waals surface area contributed by atoms with Gasteiger partial charge in [-0.05, 0) is 42.9 Å². The van der Waals surface area contributed by atoms with Crippen molar-refractivity contribution in [2.24, 2.45) is 17.8 Å². The molecule has 146 valence electrons. The lowest BCUT2D eigenvalue weighted by molar-refractivity contribution is -0.143. The van der Waals surface area contributed by atoms with Gasteiger partial charge in [0, 0.05) is 12.0 Å². The number of hydrogen-bond acceptors (Lipinski definition) is 3. The lowest BCUT2D eigenvalue weighted by Crippen LogP contribution is -2.40. The van der Waals surface area contributed by atoms with Crippen LogP contribution in [-0.4, -0.2) is 28.7 Å². The van der Waals surface area contributed by atoms with E-state index in [0.29, 0.717) is 24.7 Å². The van der Waals surface area contributed by atoms with Crippen molar-refractivity contribution >= 4 is 23.3 Å². The second-order valence-electron chi connectivity index (χ2n) is 8.15. The average molecular weight is 387 g/mol. The van der Waals surface area contributed by atoms with Gasteiger partial charge in [-0.1, -0.05) is 56.3 Å². The van der Waals surface area contributed by atoms with Crippen LogP contribution in [0.2, 0.25) is 0 Å². The van der Waals surface area contributed by atoms with E-state index in [2.05, 4.69) is 38.1 Å². The quantitative estimate of drug-likeness (QED) is 0.597. The van der Waals surface area contributed by atoms with Crippen molar-refractivity contribution in [2.45, 2.75) is 44.3 Å². The van der Waals surface area contributed by atoms with Crippen LogP contribution < -0.4 is 0 Å². The molecular weight excluding hydrogens is 356 g/mol. The molecule has 0 amide bonds. The topological polar surface area (TPSA) is 46.5 Å². The summed E-state index contributed by atoms with van der Waals surface area (Å²) in [5.74, 6) is 0.793. The number of carboxylic acids is 1. The first kappa shape index (κ1) is 20.1. The summed E-state index contributed by atoms with van der Waals surface area (Å²) in [4.78, 5) is 12.1. The third-order valence-corrected chi connectivity index (χ3v) is 6.84. The SMILES string of the molecule is CSC1(C(CC(C)C)C(=O)O)C=CC(c2ccccc2)=C(OCC2CC2)C1. The molecule has 0 aromatic heterocycles. The van der Waals surface area contributed by atoms with Gasteiger partial charge in [0.25, 0.3) is 0 Å². The molecule has 0 spiro atoms. The first-order chi connectivity index (χ1) is 12.9. The molecular formula is C23H30O3S. The van der Waals surface area contributed by atoms with Gasteiger partial charge in [0.1, 0.15) is 5.76 Å². The van der Waals surface area contributed by atoms with Crippen LogP contribution in [0.3, 0.4) is 0 Å². The lowest BCUT2D eigenvalue weighted by Gasteiger charge is -2.39. The highest BCUT2D eigenvalue weighted by Crippen LogP contribution is 2.47. The van der Waals surface area contributed by atoms with Gasteiger partial charge in [0.15, 0.2) is 0 Å². The van der Waals surface area contributed by atoms with Crippen LogP contribution >= 0.6 is 11.8 Å². The summed E-state index contributed by atoms with van der Waals surface area (Å²) < 4.78 is 5.82. The van der Waals surface area contributed by atoms with E-state index >= 15 is 0 Å². The van der Waals surface area contributed by atoms with Gasteiger partial charge in [0.2, 0.25) is 0 Å². The van der Waals surface area contributed by atoms with Gasteiger partial charge in [-0.15, -0.1) is 0 Å². The normalized spacial score (nSPS) is 23.6. The number of ether oxygens (including phenoxy) is 1. The Bertz CT molecular complexity index is 718. The summed E-state index contributed by atoms with van der Waals surface area (Å²) in [6.07, 6.45) is 10.00. The summed E-state index contributed by atoms with van der Waals surface area (Å²) in [6.45, 7) is 4.92. The Hall–Kier alpha value is -1.68. The van der Waals surface area contributed by atoms with Gasteiger partial charge >= 0.3 is 5.97 Å². The van der Waals surface area contributed by atoms with Crippen LogP contribution in [0, 0.1) is 17.8 Å². The van der Waals surface area contributed by atoms with Gasteiger partial charge in [0.05, 0.1) is 17.3 Å². The Morgan fingerprint density at radius 3 is 2.56 bits per heavy atom. The second kappa shape index (κ2) is 8.55. The molecule has 1 fully saturated rings. The molecule has 3 rings (SSSR count). The minimum Gasteiger partial charge on any atom is -0.497 e. The monoisotopic (exact) mass is 386 g/mol. The molecule has 1 aromatic carbocycles. The van der Waals surface area contributed by atoms with E-state index in [-0.39, 0.29) is 0 Å². The fraction of sp³-hybridized carbons (Fsp3) is 0.522. The maximum absolute atomic E-state index is 12.1. The lowest BCUT2D eigenvalue weighted by atomic mass is 9.78. The van der Waals surface area contributed by atoms with E-state index in [1.165, 1.54) is 12.8 Å². The molecule has 0 radical (unpaired) electrons. The third kappa shape index (κ3) is 4.78. The molecule has 2 aliphatic carbocycles. The fourth-order valence-corrected chi connectivity index (χ4v) is 4.69. The Kier molecular flexibility index (Phi) is 6.36. The van der Waals surface area contributed by atoms with Crippen LogP contribution in [0.25, 0.3) is 5.57 Å². The van der Waals surface area contributed by atoms with Crippen molar-refractivity contribution in [3.63, 3.8) is 0 Å². The first-order valence-electron chi connectivity index (χ1n) is 9.83. The van der Waals surface area contributed by atoms with Crippen LogP contribution in [0.4, 0.5) is 0 Å². The Morgan fingerprint density at radius 2 is 2.00 bits per heavy atom. The number of carbonyl (C=O) groups is 1. The molecule has 0 heterocycles. The van der Waals surface area contributed by atoms with Crippen molar-refractivity contribution in [3.05, 3.63) is 53.8 Å². The molecule has 2 atom stereocenters. The van der Waals surface area contributed by atoms with Gasteiger partial charge in [-0.3, -0.25) is 4.79 Å². The van der Waals surface area contributed by atoms with Crippen molar-refractivity contribution in [1.82, 2.24) is 0 Å². The van der Waals surface area contributed by atoms with Crippen molar-refractivity contribution in [3.8, 4) is 0 Å². The molecule has 3 nitrogen and oxygen atoms in total. The van der Waals surface area contributed by atoms with Gasteiger partial charge in [-0.2, -0.15) is 11.8 Å². The maximum Gasteiger partial charge on any atom is 0.308 e. The Morgan fingerprint density at radius 1 is 1.30 bits per heavy atom. The van der Waals surface area contributed by atoms with Crippen molar-refractivity contribution < 1.29 is 14.6 Å². The van der Waals surface area contributed by atoms with Crippen LogP contribution in [0.15, 0.2) is 48.2 Å². The highest BCUT2D eigenvalue weighted by Gasteiger charge is 2.44. The largest absolute Gasteiger partial charge is 0.497 e.